The topological polar surface area (TPSA) is 72.2 Å². The number of nitrogen functional groups attached to an aromatic ring is 1. The van der Waals surface area contributed by atoms with Crippen LogP contribution in [0.3, 0.4) is 0 Å². The van der Waals surface area contributed by atoms with E-state index in [2.05, 4.69) is 4.72 Å². The van der Waals surface area contributed by atoms with Crippen LogP contribution in [0.25, 0.3) is 0 Å². The van der Waals surface area contributed by atoms with Gasteiger partial charge in [-0.15, -0.1) is 0 Å². The van der Waals surface area contributed by atoms with Gasteiger partial charge in [-0.25, -0.2) is 13.1 Å². The van der Waals surface area contributed by atoms with Crippen LogP contribution >= 0.6 is 0 Å². The molecule has 0 spiro atoms. The molecule has 2 atom stereocenters. The van der Waals surface area contributed by atoms with Gasteiger partial charge >= 0.3 is 0 Å². The van der Waals surface area contributed by atoms with Gasteiger partial charge in [0.1, 0.15) is 4.90 Å². The van der Waals surface area contributed by atoms with Gasteiger partial charge in [-0.05, 0) is 31.4 Å². The van der Waals surface area contributed by atoms with Crippen molar-refractivity contribution in [2.24, 2.45) is 5.92 Å². The van der Waals surface area contributed by atoms with Crippen molar-refractivity contribution in [2.75, 3.05) is 5.73 Å². The zero-order valence-corrected chi connectivity index (χ0v) is 12.2. The Morgan fingerprint density at radius 2 is 1.94 bits per heavy atom. The number of anilines is 1. The lowest BCUT2D eigenvalue weighted by Gasteiger charge is -2.21. The van der Waals surface area contributed by atoms with Gasteiger partial charge in [0.05, 0.1) is 5.69 Å². The number of nitrogens with two attached hydrogens (primary N) is 1. The standard InChI is InChI=1S/C13H22N2O2S/c1-5-9(2)11(4)15-18(16,17)13-10(3)7-6-8-12(13)14/h6-9,11,15H,5,14H2,1-4H3. The van der Waals surface area contributed by atoms with E-state index in [1.54, 1.807) is 25.1 Å². The van der Waals surface area contributed by atoms with Gasteiger partial charge < -0.3 is 5.73 Å². The van der Waals surface area contributed by atoms with Crippen molar-refractivity contribution >= 4 is 15.7 Å². The molecule has 0 aromatic heterocycles. The summed E-state index contributed by atoms with van der Waals surface area (Å²) in [6.45, 7) is 7.69. The Balaban J connectivity index is 3.08. The molecule has 4 nitrogen and oxygen atoms in total. The molecule has 0 saturated carbocycles. The molecular formula is C13H22N2O2S. The maximum atomic E-state index is 12.3. The molecule has 0 saturated heterocycles. The summed E-state index contributed by atoms with van der Waals surface area (Å²) in [4.78, 5) is 0.195. The Kier molecular flexibility index (Phi) is 4.76. The molecule has 5 heteroatoms. The molecule has 0 bridgehead atoms. The van der Waals surface area contributed by atoms with Crippen LogP contribution in [0, 0.1) is 12.8 Å². The van der Waals surface area contributed by atoms with Crippen molar-refractivity contribution in [3.63, 3.8) is 0 Å². The minimum Gasteiger partial charge on any atom is -0.398 e. The number of benzene rings is 1. The van der Waals surface area contributed by atoms with Crippen LogP contribution in [0.1, 0.15) is 32.8 Å². The molecule has 0 aliphatic heterocycles. The second-order valence-electron chi connectivity index (χ2n) is 4.79. The zero-order valence-electron chi connectivity index (χ0n) is 11.4. The first kappa shape index (κ1) is 15.0. The highest BCUT2D eigenvalue weighted by molar-refractivity contribution is 7.89. The van der Waals surface area contributed by atoms with Crippen LogP contribution in [-0.4, -0.2) is 14.5 Å². The molecule has 3 N–H and O–H groups in total. The molecule has 1 aromatic rings. The summed E-state index contributed by atoms with van der Waals surface area (Å²) < 4.78 is 27.3. The highest BCUT2D eigenvalue weighted by Crippen LogP contribution is 2.23. The second kappa shape index (κ2) is 5.71. The van der Waals surface area contributed by atoms with E-state index in [1.807, 2.05) is 20.8 Å². The second-order valence-corrected chi connectivity index (χ2v) is 6.44. The number of nitrogens with one attached hydrogen (secondary N) is 1. The molecule has 2 unspecified atom stereocenters. The van der Waals surface area contributed by atoms with Gasteiger partial charge in [-0.2, -0.15) is 0 Å². The van der Waals surface area contributed by atoms with E-state index in [0.29, 0.717) is 11.3 Å². The van der Waals surface area contributed by atoms with Crippen molar-refractivity contribution in [3.05, 3.63) is 23.8 Å². The fourth-order valence-corrected chi connectivity index (χ4v) is 3.53. The van der Waals surface area contributed by atoms with E-state index in [9.17, 15) is 8.42 Å². The first-order chi connectivity index (χ1) is 8.29. The number of sulfonamides is 1. The Morgan fingerprint density at radius 1 is 1.33 bits per heavy atom. The van der Waals surface area contributed by atoms with Crippen molar-refractivity contribution in [1.82, 2.24) is 4.72 Å². The van der Waals surface area contributed by atoms with Crippen LogP contribution in [-0.2, 0) is 10.0 Å². The predicted octanol–water partition coefficient (Wildman–Crippen LogP) is 2.29. The first-order valence-corrected chi connectivity index (χ1v) is 7.65. The fraction of sp³-hybridized carbons (Fsp3) is 0.538. The lowest BCUT2D eigenvalue weighted by atomic mass is 10.0. The SMILES string of the molecule is CCC(C)C(C)NS(=O)(=O)c1c(C)cccc1N. The lowest BCUT2D eigenvalue weighted by Crippen LogP contribution is -2.37. The van der Waals surface area contributed by atoms with E-state index < -0.39 is 10.0 Å². The van der Waals surface area contributed by atoms with Crippen molar-refractivity contribution in [1.29, 1.82) is 0 Å². The average Bonchev–Trinajstić information content (AvgIpc) is 2.26. The predicted molar refractivity (Wildman–Crippen MR) is 74.8 cm³/mol. The smallest absolute Gasteiger partial charge is 0.243 e. The normalized spacial score (nSPS) is 15.3. The number of hydrogen-bond donors (Lipinski definition) is 2. The van der Waals surface area contributed by atoms with E-state index in [0.717, 1.165) is 6.42 Å². The molecule has 0 radical (unpaired) electrons. The van der Waals surface area contributed by atoms with Gasteiger partial charge in [0.2, 0.25) is 10.0 Å². The average molecular weight is 270 g/mol. The Labute approximate surface area is 110 Å². The van der Waals surface area contributed by atoms with Crippen molar-refractivity contribution in [3.8, 4) is 0 Å². The van der Waals surface area contributed by atoms with Crippen molar-refractivity contribution < 1.29 is 8.42 Å². The van der Waals surface area contributed by atoms with Gasteiger partial charge in [-0.1, -0.05) is 32.4 Å². The highest BCUT2D eigenvalue weighted by atomic mass is 32.2. The van der Waals surface area contributed by atoms with Gasteiger partial charge in [0.25, 0.3) is 0 Å². The van der Waals surface area contributed by atoms with Crippen molar-refractivity contribution in [2.45, 2.75) is 45.1 Å². The van der Waals surface area contributed by atoms with E-state index in [4.69, 9.17) is 5.73 Å². The summed E-state index contributed by atoms with van der Waals surface area (Å²) >= 11 is 0. The van der Waals surface area contributed by atoms with Crippen LogP contribution < -0.4 is 10.5 Å². The number of aryl methyl sites for hydroxylation is 1. The van der Waals surface area contributed by atoms with Crippen LogP contribution in [0.15, 0.2) is 23.1 Å². The largest absolute Gasteiger partial charge is 0.398 e. The third-order valence-electron chi connectivity index (χ3n) is 3.35. The Morgan fingerprint density at radius 3 is 2.44 bits per heavy atom. The molecule has 0 aliphatic carbocycles. The summed E-state index contributed by atoms with van der Waals surface area (Å²) in [5.41, 5.74) is 6.73. The minimum atomic E-state index is -3.55. The maximum Gasteiger partial charge on any atom is 0.243 e. The van der Waals surface area contributed by atoms with E-state index >= 15 is 0 Å². The first-order valence-electron chi connectivity index (χ1n) is 6.17. The summed E-state index contributed by atoms with van der Waals surface area (Å²) in [7, 11) is -3.55. The molecular weight excluding hydrogens is 248 g/mol. The molecule has 18 heavy (non-hydrogen) atoms. The third-order valence-corrected chi connectivity index (χ3v) is 5.13. The molecule has 0 heterocycles. The lowest BCUT2D eigenvalue weighted by molar-refractivity contribution is 0.434. The number of hydrogen-bond acceptors (Lipinski definition) is 3. The Bertz CT molecular complexity index is 491. The molecule has 0 aliphatic rings. The molecule has 1 rings (SSSR count). The van der Waals surface area contributed by atoms with Crippen LogP contribution in [0.2, 0.25) is 0 Å². The summed E-state index contributed by atoms with van der Waals surface area (Å²) in [6.07, 6.45) is 0.924. The van der Waals surface area contributed by atoms with E-state index in [1.165, 1.54) is 0 Å². The minimum absolute atomic E-state index is 0.112. The molecule has 0 amide bonds. The number of rotatable bonds is 5. The summed E-state index contributed by atoms with van der Waals surface area (Å²) in [5, 5.41) is 0. The van der Waals surface area contributed by atoms with Gasteiger partial charge in [0, 0.05) is 6.04 Å². The van der Waals surface area contributed by atoms with Crippen LogP contribution in [0.4, 0.5) is 5.69 Å². The highest BCUT2D eigenvalue weighted by Gasteiger charge is 2.23. The monoisotopic (exact) mass is 270 g/mol. The van der Waals surface area contributed by atoms with Gasteiger partial charge in [0.15, 0.2) is 0 Å². The maximum absolute atomic E-state index is 12.3. The quantitative estimate of drug-likeness (QED) is 0.806. The molecule has 1 aromatic carbocycles. The fourth-order valence-electron chi connectivity index (χ4n) is 1.82. The Hall–Kier alpha value is -1.07. The van der Waals surface area contributed by atoms with Crippen LogP contribution in [0.5, 0.6) is 0 Å². The summed E-state index contributed by atoms with van der Waals surface area (Å²) in [6, 6.07) is 5.00. The zero-order chi connectivity index (χ0) is 13.9. The summed E-state index contributed by atoms with van der Waals surface area (Å²) in [5.74, 6) is 0.282. The molecule has 102 valence electrons. The van der Waals surface area contributed by atoms with Gasteiger partial charge in [-0.3, -0.25) is 0 Å². The van der Waals surface area contributed by atoms with E-state index in [-0.39, 0.29) is 16.9 Å². The molecule has 0 fully saturated rings. The third kappa shape index (κ3) is 3.23.